The van der Waals surface area contributed by atoms with Gasteiger partial charge in [-0.05, 0) is 98.7 Å². The number of benzene rings is 2. The molecule has 0 radical (unpaired) electrons. The number of aromatic amines is 1. The fourth-order valence-electron chi connectivity index (χ4n) is 5.52. The molecule has 4 aromatic rings. The first-order chi connectivity index (χ1) is 18.6. The van der Waals surface area contributed by atoms with Crippen LogP contribution in [0.25, 0.3) is 10.9 Å². The molecule has 206 valence electrons. The van der Waals surface area contributed by atoms with Crippen molar-refractivity contribution >= 4 is 10.9 Å². The highest BCUT2D eigenvalue weighted by Crippen LogP contribution is 2.32. The molecule has 39 heavy (non-hydrogen) atoms. The predicted molar refractivity (Wildman–Crippen MR) is 151 cm³/mol. The summed E-state index contributed by atoms with van der Waals surface area (Å²) in [6.45, 7) is 12.3. The zero-order chi connectivity index (χ0) is 27.7. The summed E-state index contributed by atoms with van der Waals surface area (Å²) in [5.74, 6) is 1.43. The maximum Gasteiger partial charge on any atom is 0.253 e. The first kappa shape index (κ1) is 27.0. The van der Waals surface area contributed by atoms with E-state index in [0.29, 0.717) is 24.5 Å². The Hall–Kier alpha value is -3.56. The van der Waals surface area contributed by atoms with Crippen LogP contribution in [0.1, 0.15) is 67.7 Å². The highest BCUT2D eigenvalue weighted by Gasteiger charge is 2.35. The number of rotatable bonds is 8. The molecule has 9 nitrogen and oxygen atoms in total. The lowest BCUT2D eigenvalue weighted by Crippen LogP contribution is -2.40. The van der Waals surface area contributed by atoms with E-state index in [1.807, 2.05) is 29.8 Å². The van der Waals surface area contributed by atoms with Crippen LogP contribution in [0.3, 0.4) is 0 Å². The number of tetrazole rings is 1. The largest absolute Gasteiger partial charge is 0.497 e. The van der Waals surface area contributed by atoms with Crippen molar-refractivity contribution in [3.63, 3.8) is 0 Å². The minimum atomic E-state index is -0.500. The van der Waals surface area contributed by atoms with Gasteiger partial charge in [0.25, 0.3) is 5.56 Å². The summed E-state index contributed by atoms with van der Waals surface area (Å²) >= 11 is 0. The van der Waals surface area contributed by atoms with Crippen molar-refractivity contribution in [1.29, 1.82) is 0 Å². The second-order valence-corrected chi connectivity index (χ2v) is 11.5. The fourth-order valence-corrected chi connectivity index (χ4v) is 5.52. The molecule has 2 unspecified atom stereocenters. The van der Waals surface area contributed by atoms with E-state index in [0.717, 1.165) is 52.8 Å². The Morgan fingerprint density at radius 2 is 1.95 bits per heavy atom. The topological polar surface area (TPSA) is 98.2 Å². The number of ether oxygens (including phenoxy) is 2. The Kier molecular flexibility index (Phi) is 7.55. The summed E-state index contributed by atoms with van der Waals surface area (Å²) in [5, 5.41) is 14.0. The highest BCUT2D eigenvalue weighted by atomic mass is 16.5. The summed E-state index contributed by atoms with van der Waals surface area (Å²) in [7, 11) is 1.66. The van der Waals surface area contributed by atoms with E-state index in [1.165, 1.54) is 0 Å². The number of H-pyrrole nitrogens is 1. The number of aryl methyl sites for hydroxylation is 2. The number of nitrogens with one attached hydrogen (secondary N) is 1. The van der Waals surface area contributed by atoms with Gasteiger partial charge in [0, 0.05) is 25.3 Å². The SMILES string of the molecule is COc1ccc(CN(CC2CCCO2)C(c2cc3cc(C)cc(C)c3[nH]c2=O)c2nnnn2C(C)(C)C)cc1. The third kappa shape index (κ3) is 5.74. The maximum atomic E-state index is 13.8. The number of aromatic nitrogens is 5. The third-order valence-electron chi connectivity index (χ3n) is 7.36. The van der Waals surface area contributed by atoms with E-state index in [-0.39, 0.29) is 17.2 Å². The standard InChI is InChI=1S/C30H38N6O3/c1-19-14-20(2)26-22(15-19)16-25(29(37)31-26)27(28-32-33-34-36(28)30(3,4)5)35(18-24-8-7-13-39-24)17-21-9-11-23(38-6)12-10-21/h9-12,14-16,24,27H,7-8,13,17-18H2,1-6H3,(H,31,37). The molecule has 0 saturated carbocycles. The molecular weight excluding hydrogens is 492 g/mol. The van der Waals surface area contributed by atoms with E-state index in [2.05, 4.69) is 77.4 Å². The number of fused-ring (bicyclic) bond motifs is 1. The quantitative estimate of drug-likeness (QED) is 0.354. The molecule has 2 aromatic heterocycles. The van der Waals surface area contributed by atoms with Gasteiger partial charge in [0.05, 0.1) is 24.3 Å². The summed E-state index contributed by atoms with van der Waals surface area (Å²) < 4.78 is 13.3. The van der Waals surface area contributed by atoms with Crippen molar-refractivity contribution in [2.75, 3.05) is 20.3 Å². The average Bonchev–Trinajstić information content (AvgIpc) is 3.58. The monoisotopic (exact) mass is 530 g/mol. The van der Waals surface area contributed by atoms with E-state index in [9.17, 15) is 4.79 Å². The molecule has 0 amide bonds. The summed E-state index contributed by atoms with van der Waals surface area (Å²) in [4.78, 5) is 19.3. The van der Waals surface area contributed by atoms with Gasteiger partial charge in [-0.25, -0.2) is 4.68 Å². The second kappa shape index (κ2) is 10.9. The van der Waals surface area contributed by atoms with Crippen LogP contribution >= 0.6 is 0 Å². The number of pyridine rings is 1. The number of hydrogen-bond acceptors (Lipinski definition) is 7. The predicted octanol–water partition coefficient (Wildman–Crippen LogP) is 4.67. The van der Waals surface area contributed by atoms with Gasteiger partial charge in [-0.3, -0.25) is 9.69 Å². The number of hydrogen-bond donors (Lipinski definition) is 1. The van der Waals surface area contributed by atoms with Gasteiger partial charge in [0.2, 0.25) is 0 Å². The Bertz CT molecular complexity index is 1500. The first-order valence-corrected chi connectivity index (χ1v) is 13.6. The maximum absolute atomic E-state index is 13.8. The second-order valence-electron chi connectivity index (χ2n) is 11.5. The van der Waals surface area contributed by atoms with Crippen LogP contribution < -0.4 is 10.3 Å². The van der Waals surface area contributed by atoms with Gasteiger partial charge in [-0.15, -0.1) is 5.10 Å². The molecule has 0 spiro atoms. The van der Waals surface area contributed by atoms with Gasteiger partial charge >= 0.3 is 0 Å². The Morgan fingerprint density at radius 3 is 2.62 bits per heavy atom. The molecule has 1 fully saturated rings. The lowest BCUT2D eigenvalue weighted by Gasteiger charge is -2.34. The van der Waals surface area contributed by atoms with E-state index in [1.54, 1.807) is 7.11 Å². The molecule has 9 heteroatoms. The van der Waals surface area contributed by atoms with E-state index in [4.69, 9.17) is 9.47 Å². The van der Waals surface area contributed by atoms with Gasteiger partial charge in [0.15, 0.2) is 5.82 Å². The zero-order valence-corrected chi connectivity index (χ0v) is 23.7. The van der Waals surface area contributed by atoms with Crippen LogP contribution in [0, 0.1) is 13.8 Å². The van der Waals surface area contributed by atoms with Crippen LogP contribution in [0.4, 0.5) is 0 Å². The fraction of sp³-hybridized carbons (Fsp3) is 0.467. The highest BCUT2D eigenvalue weighted by molar-refractivity contribution is 5.83. The minimum Gasteiger partial charge on any atom is -0.497 e. The zero-order valence-electron chi connectivity index (χ0n) is 23.7. The van der Waals surface area contributed by atoms with Crippen LogP contribution in [-0.2, 0) is 16.8 Å². The average molecular weight is 531 g/mol. The number of methoxy groups -OCH3 is 1. The number of nitrogens with zero attached hydrogens (tertiary/aromatic N) is 5. The van der Waals surface area contributed by atoms with Gasteiger partial charge in [-0.2, -0.15) is 0 Å². The smallest absolute Gasteiger partial charge is 0.253 e. The molecule has 2 atom stereocenters. The molecule has 3 heterocycles. The van der Waals surface area contributed by atoms with Crippen LogP contribution in [0.5, 0.6) is 5.75 Å². The summed E-state index contributed by atoms with van der Waals surface area (Å²) in [6, 6.07) is 13.7. The Morgan fingerprint density at radius 1 is 1.18 bits per heavy atom. The Labute approximate surface area is 229 Å². The molecule has 1 aliphatic rings. The normalized spacial score (nSPS) is 16.7. The molecule has 0 bridgehead atoms. The van der Waals surface area contributed by atoms with Gasteiger partial charge < -0.3 is 14.5 Å². The van der Waals surface area contributed by atoms with Crippen LogP contribution in [-0.4, -0.2) is 56.5 Å². The molecule has 1 saturated heterocycles. The van der Waals surface area contributed by atoms with Crippen molar-refractivity contribution in [3.8, 4) is 5.75 Å². The Balaban J connectivity index is 1.70. The van der Waals surface area contributed by atoms with E-state index >= 15 is 0 Å². The summed E-state index contributed by atoms with van der Waals surface area (Å²) in [6.07, 6.45) is 2.07. The van der Waals surface area contributed by atoms with Crippen LogP contribution in [0.2, 0.25) is 0 Å². The molecule has 2 aromatic carbocycles. The molecule has 1 aliphatic heterocycles. The van der Waals surface area contributed by atoms with Crippen molar-refractivity contribution in [2.45, 2.75) is 71.7 Å². The van der Waals surface area contributed by atoms with Gasteiger partial charge in [0.1, 0.15) is 11.8 Å². The minimum absolute atomic E-state index is 0.0637. The van der Waals surface area contributed by atoms with Crippen molar-refractivity contribution in [3.05, 3.63) is 80.9 Å². The molecule has 1 N–H and O–H groups in total. The summed E-state index contributed by atoms with van der Waals surface area (Å²) in [5.41, 5.74) is 4.21. The lowest BCUT2D eigenvalue weighted by atomic mass is 9.98. The molecule has 0 aliphatic carbocycles. The third-order valence-corrected chi connectivity index (χ3v) is 7.36. The van der Waals surface area contributed by atoms with E-state index < -0.39 is 6.04 Å². The lowest BCUT2D eigenvalue weighted by molar-refractivity contribution is 0.0564. The molecular formula is C30H38N6O3. The van der Waals surface area contributed by atoms with Crippen molar-refractivity contribution in [2.24, 2.45) is 0 Å². The first-order valence-electron chi connectivity index (χ1n) is 13.6. The van der Waals surface area contributed by atoms with Crippen molar-refractivity contribution < 1.29 is 9.47 Å². The van der Waals surface area contributed by atoms with Gasteiger partial charge in [-0.1, -0.05) is 23.8 Å². The molecule has 5 rings (SSSR count). The van der Waals surface area contributed by atoms with Crippen molar-refractivity contribution in [1.82, 2.24) is 30.1 Å². The van der Waals surface area contributed by atoms with Crippen LogP contribution in [0.15, 0.2) is 47.3 Å².